The maximum Gasteiger partial charge on any atom is 0.105 e. The van der Waals surface area contributed by atoms with Gasteiger partial charge in [0.05, 0.1) is 11.9 Å². The summed E-state index contributed by atoms with van der Waals surface area (Å²) in [6, 6.07) is 14.4. The van der Waals surface area contributed by atoms with Gasteiger partial charge in [-0.2, -0.15) is 0 Å². The van der Waals surface area contributed by atoms with Crippen LogP contribution in [0.2, 0.25) is 0 Å². The van der Waals surface area contributed by atoms with Crippen LogP contribution >= 0.6 is 0 Å². The van der Waals surface area contributed by atoms with E-state index >= 15 is 0 Å². The van der Waals surface area contributed by atoms with Crippen LogP contribution in [0.25, 0.3) is 0 Å². The van der Waals surface area contributed by atoms with Crippen LogP contribution in [0.1, 0.15) is 11.3 Å². The minimum absolute atomic E-state index is 0.819. The number of hydrogen-bond donors (Lipinski definition) is 0. The quantitative estimate of drug-likeness (QED) is 0.800. The van der Waals surface area contributed by atoms with Gasteiger partial charge in [0.1, 0.15) is 5.69 Å². The van der Waals surface area contributed by atoms with E-state index < -0.39 is 0 Å². The van der Waals surface area contributed by atoms with E-state index in [1.165, 1.54) is 5.56 Å². The predicted molar refractivity (Wildman–Crippen MR) is 73.6 cm³/mol. The number of rotatable bonds is 2. The molecule has 1 aliphatic rings. The van der Waals surface area contributed by atoms with E-state index in [1.54, 1.807) is 18.6 Å². The van der Waals surface area contributed by atoms with Crippen LogP contribution in [0.15, 0.2) is 66.1 Å². The Balaban J connectivity index is 1.94. The summed E-state index contributed by atoms with van der Waals surface area (Å²) in [5, 5.41) is 0. The first-order valence-electron chi connectivity index (χ1n) is 5.89. The van der Waals surface area contributed by atoms with E-state index in [-0.39, 0.29) is 0 Å². The van der Waals surface area contributed by atoms with E-state index in [4.69, 9.17) is 0 Å². The van der Waals surface area contributed by atoms with Crippen LogP contribution in [0.3, 0.4) is 0 Å². The fourth-order valence-electron chi connectivity index (χ4n) is 1.98. The number of nitrogens with zero attached hydrogens (tertiary/aromatic N) is 3. The first-order chi connectivity index (χ1) is 8.93. The standard InChI is InChI=1S/C15H13N3/c1-2-5-13(6-3-1)12-18-10-9-16-11-14-15(18)7-4-8-17-14/h1-11H,12H2. The monoisotopic (exact) mass is 235 g/mol. The molecule has 0 radical (unpaired) electrons. The van der Waals surface area contributed by atoms with Crippen molar-refractivity contribution >= 4 is 11.9 Å². The molecule has 0 spiro atoms. The van der Waals surface area contributed by atoms with E-state index in [9.17, 15) is 0 Å². The number of benzene rings is 1. The van der Waals surface area contributed by atoms with E-state index in [0.717, 1.165) is 17.9 Å². The van der Waals surface area contributed by atoms with Crippen LogP contribution in [0, 0.1) is 0 Å². The summed E-state index contributed by atoms with van der Waals surface area (Å²) >= 11 is 0. The maximum atomic E-state index is 4.34. The van der Waals surface area contributed by atoms with Crippen molar-refractivity contribution < 1.29 is 0 Å². The molecular formula is C15H13N3. The highest BCUT2D eigenvalue weighted by Gasteiger charge is 2.10. The molecule has 1 aromatic carbocycles. The van der Waals surface area contributed by atoms with Crippen LogP contribution in [0.5, 0.6) is 0 Å². The lowest BCUT2D eigenvalue weighted by molar-refractivity contribution is 0.960. The van der Waals surface area contributed by atoms with Crippen molar-refractivity contribution in [1.29, 1.82) is 0 Å². The smallest absolute Gasteiger partial charge is 0.105 e. The number of anilines is 1. The van der Waals surface area contributed by atoms with Crippen LogP contribution in [-0.4, -0.2) is 11.2 Å². The average molecular weight is 235 g/mol. The molecule has 2 heterocycles. The fourth-order valence-corrected chi connectivity index (χ4v) is 1.98. The Labute approximate surface area is 106 Å². The Morgan fingerprint density at radius 3 is 2.78 bits per heavy atom. The fraction of sp³-hybridized carbons (Fsp3) is 0.0667. The number of pyridine rings is 1. The second kappa shape index (κ2) is 4.84. The van der Waals surface area contributed by atoms with Gasteiger partial charge < -0.3 is 4.90 Å². The van der Waals surface area contributed by atoms with Crippen molar-refractivity contribution in [2.45, 2.75) is 6.54 Å². The molecule has 0 bridgehead atoms. The molecule has 2 aromatic rings. The SMILES string of the molecule is C1=CN(Cc2ccccc2)c2cccnc2C=N1. The molecule has 0 atom stereocenters. The molecule has 0 amide bonds. The third kappa shape index (κ3) is 2.15. The zero-order chi connectivity index (χ0) is 12.2. The molecule has 0 unspecified atom stereocenters. The van der Waals surface area contributed by atoms with Gasteiger partial charge in [0, 0.05) is 25.1 Å². The Kier molecular flexibility index (Phi) is 2.88. The molecule has 0 saturated carbocycles. The Hall–Kier alpha value is -2.42. The summed E-state index contributed by atoms with van der Waals surface area (Å²) in [4.78, 5) is 10.7. The van der Waals surface area contributed by atoms with Crippen LogP contribution in [0.4, 0.5) is 5.69 Å². The van der Waals surface area contributed by atoms with Crippen LogP contribution < -0.4 is 4.90 Å². The summed E-state index contributed by atoms with van der Waals surface area (Å²) in [6.45, 7) is 0.819. The van der Waals surface area contributed by atoms with Crippen molar-refractivity contribution in [3.8, 4) is 0 Å². The van der Waals surface area contributed by atoms with E-state index in [2.05, 4.69) is 45.2 Å². The van der Waals surface area contributed by atoms with Gasteiger partial charge in [-0.25, -0.2) is 0 Å². The Bertz CT molecular complexity index is 588. The summed E-state index contributed by atoms with van der Waals surface area (Å²) in [7, 11) is 0. The highest BCUT2D eigenvalue weighted by Crippen LogP contribution is 2.21. The maximum absolute atomic E-state index is 4.34. The zero-order valence-electron chi connectivity index (χ0n) is 9.90. The summed E-state index contributed by atoms with van der Waals surface area (Å²) in [6.07, 6.45) is 7.36. The third-order valence-corrected chi connectivity index (χ3v) is 2.85. The van der Waals surface area contributed by atoms with Crippen molar-refractivity contribution in [3.63, 3.8) is 0 Å². The van der Waals surface area contributed by atoms with Gasteiger partial charge in [-0.05, 0) is 17.7 Å². The lowest BCUT2D eigenvalue weighted by Gasteiger charge is -2.20. The Morgan fingerprint density at radius 1 is 1.00 bits per heavy atom. The van der Waals surface area contributed by atoms with Crippen molar-refractivity contribution in [1.82, 2.24) is 4.98 Å². The topological polar surface area (TPSA) is 28.5 Å². The molecule has 88 valence electrons. The van der Waals surface area contributed by atoms with Gasteiger partial charge in [0.2, 0.25) is 0 Å². The van der Waals surface area contributed by atoms with Crippen molar-refractivity contribution in [2.24, 2.45) is 4.99 Å². The first kappa shape index (κ1) is 10.7. The summed E-state index contributed by atoms with van der Waals surface area (Å²) < 4.78 is 0. The number of hydrogen-bond acceptors (Lipinski definition) is 3. The van der Waals surface area contributed by atoms with E-state index in [1.807, 2.05) is 18.3 Å². The van der Waals surface area contributed by atoms with Gasteiger partial charge in [0.25, 0.3) is 0 Å². The minimum Gasteiger partial charge on any atom is -0.340 e. The molecule has 0 aliphatic carbocycles. The molecule has 18 heavy (non-hydrogen) atoms. The highest BCUT2D eigenvalue weighted by molar-refractivity contribution is 5.86. The molecule has 0 saturated heterocycles. The molecule has 1 aromatic heterocycles. The molecule has 0 fully saturated rings. The van der Waals surface area contributed by atoms with Gasteiger partial charge in [-0.15, -0.1) is 0 Å². The normalized spacial score (nSPS) is 13.2. The average Bonchev–Trinajstić information content (AvgIpc) is 2.63. The largest absolute Gasteiger partial charge is 0.340 e. The summed E-state index contributed by atoms with van der Waals surface area (Å²) in [5.41, 5.74) is 3.25. The number of aliphatic imine (C=N–C) groups is 1. The van der Waals surface area contributed by atoms with Crippen molar-refractivity contribution in [3.05, 3.63) is 72.3 Å². The number of aromatic nitrogens is 1. The zero-order valence-corrected chi connectivity index (χ0v) is 9.90. The highest BCUT2D eigenvalue weighted by atomic mass is 15.1. The number of fused-ring (bicyclic) bond motifs is 1. The van der Waals surface area contributed by atoms with Gasteiger partial charge in [-0.1, -0.05) is 30.3 Å². The van der Waals surface area contributed by atoms with Gasteiger partial charge in [0.15, 0.2) is 0 Å². The minimum atomic E-state index is 0.819. The molecule has 1 aliphatic heterocycles. The first-order valence-corrected chi connectivity index (χ1v) is 5.89. The van der Waals surface area contributed by atoms with Gasteiger partial charge in [-0.3, -0.25) is 9.98 Å². The van der Waals surface area contributed by atoms with Crippen LogP contribution in [-0.2, 0) is 6.54 Å². The molecule has 0 N–H and O–H groups in total. The third-order valence-electron chi connectivity index (χ3n) is 2.85. The van der Waals surface area contributed by atoms with Crippen molar-refractivity contribution in [2.75, 3.05) is 4.90 Å². The lowest BCUT2D eigenvalue weighted by atomic mass is 10.2. The molecule has 3 rings (SSSR count). The predicted octanol–water partition coefficient (Wildman–Crippen LogP) is 2.99. The Morgan fingerprint density at radius 2 is 1.89 bits per heavy atom. The molecule has 3 heteroatoms. The second-order valence-electron chi connectivity index (χ2n) is 4.10. The van der Waals surface area contributed by atoms with E-state index in [0.29, 0.717) is 0 Å². The second-order valence-corrected chi connectivity index (χ2v) is 4.10. The lowest BCUT2D eigenvalue weighted by Crippen LogP contribution is -2.16. The molecule has 3 nitrogen and oxygen atoms in total. The molecular weight excluding hydrogens is 222 g/mol. The summed E-state index contributed by atoms with van der Waals surface area (Å²) in [5.74, 6) is 0. The van der Waals surface area contributed by atoms with Gasteiger partial charge >= 0.3 is 0 Å².